The summed E-state index contributed by atoms with van der Waals surface area (Å²) in [6.45, 7) is 7.81. The largest absolute Gasteiger partial charge is 0.397 e. The molecular formula is C13H21N3O. The number of ether oxygens (including phenoxy) is 1. The van der Waals surface area contributed by atoms with E-state index in [2.05, 4.69) is 23.2 Å². The molecule has 1 aromatic rings. The molecule has 0 aliphatic carbocycles. The van der Waals surface area contributed by atoms with Crippen LogP contribution >= 0.6 is 0 Å². The van der Waals surface area contributed by atoms with E-state index in [9.17, 15) is 0 Å². The van der Waals surface area contributed by atoms with E-state index in [4.69, 9.17) is 10.5 Å². The van der Waals surface area contributed by atoms with Crippen molar-refractivity contribution < 1.29 is 4.74 Å². The van der Waals surface area contributed by atoms with Crippen LogP contribution in [0.1, 0.15) is 5.56 Å². The molecule has 4 nitrogen and oxygen atoms in total. The number of para-hydroxylation sites is 1. The van der Waals surface area contributed by atoms with Crippen molar-refractivity contribution in [1.82, 2.24) is 4.90 Å². The fourth-order valence-electron chi connectivity index (χ4n) is 2.10. The van der Waals surface area contributed by atoms with Crippen molar-refractivity contribution in [1.29, 1.82) is 0 Å². The second-order valence-corrected chi connectivity index (χ2v) is 4.42. The van der Waals surface area contributed by atoms with Gasteiger partial charge in [0.05, 0.1) is 24.6 Å². The molecule has 0 spiro atoms. The zero-order valence-electron chi connectivity index (χ0n) is 10.4. The topological polar surface area (TPSA) is 50.5 Å². The summed E-state index contributed by atoms with van der Waals surface area (Å²) < 4.78 is 5.32. The molecule has 4 heteroatoms. The highest BCUT2D eigenvalue weighted by Gasteiger charge is 2.09. The van der Waals surface area contributed by atoms with Crippen LogP contribution in [0.4, 0.5) is 11.4 Å². The van der Waals surface area contributed by atoms with Crippen molar-refractivity contribution in [2.75, 3.05) is 50.4 Å². The number of nitrogens with two attached hydrogens (primary N) is 1. The maximum atomic E-state index is 5.94. The van der Waals surface area contributed by atoms with Crippen LogP contribution in [0.5, 0.6) is 0 Å². The Labute approximate surface area is 103 Å². The first-order valence-corrected chi connectivity index (χ1v) is 6.16. The van der Waals surface area contributed by atoms with Gasteiger partial charge in [-0.3, -0.25) is 4.90 Å². The molecule has 0 atom stereocenters. The molecule has 0 radical (unpaired) electrons. The summed E-state index contributed by atoms with van der Waals surface area (Å²) in [5.41, 5.74) is 9.04. The molecule has 94 valence electrons. The average Bonchev–Trinajstić information content (AvgIpc) is 2.34. The number of benzene rings is 1. The van der Waals surface area contributed by atoms with Gasteiger partial charge in [0.2, 0.25) is 0 Å². The molecule has 0 bridgehead atoms. The predicted octanol–water partition coefficient (Wildman–Crippen LogP) is 1.32. The van der Waals surface area contributed by atoms with Crippen molar-refractivity contribution in [3.8, 4) is 0 Å². The van der Waals surface area contributed by atoms with Crippen molar-refractivity contribution in [2.24, 2.45) is 0 Å². The van der Waals surface area contributed by atoms with Gasteiger partial charge in [-0.2, -0.15) is 0 Å². The Morgan fingerprint density at radius 2 is 2.12 bits per heavy atom. The number of anilines is 2. The Kier molecular flexibility index (Phi) is 4.23. The molecule has 0 unspecified atom stereocenters. The lowest BCUT2D eigenvalue weighted by Crippen LogP contribution is -2.39. The van der Waals surface area contributed by atoms with Gasteiger partial charge in [0, 0.05) is 26.2 Å². The van der Waals surface area contributed by atoms with Crippen molar-refractivity contribution >= 4 is 11.4 Å². The quantitative estimate of drug-likeness (QED) is 0.773. The van der Waals surface area contributed by atoms with Crippen molar-refractivity contribution in [3.05, 3.63) is 23.8 Å². The maximum absolute atomic E-state index is 5.94. The molecule has 0 aromatic heterocycles. The normalized spacial score (nSPS) is 17.0. The van der Waals surface area contributed by atoms with Crippen molar-refractivity contribution in [2.45, 2.75) is 6.92 Å². The summed E-state index contributed by atoms with van der Waals surface area (Å²) >= 11 is 0. The minimum absolute atomic E-state index is 0.826. The highest BCUT2D eigenvalue weighted by Crippen LogP contribution is 2.21. The molecule has 17 heavy (non-hydrogen) atoms. The molecule has 1 aromatic carbocycles. The standard InChI is InChI=1S/C13H21N3O/c1-11-3-2-4-12(14)13(11)15-5-6-16-7-9-17-10-8-16/h2-4,15H,5-10,14H2,1H3. The van der Waals surface area contributed by atoms with Gasteiger partial charge in [0.1, 0.15) is 0 Å². The number of morpholine rings is 1. The predicted molar refractivity (Wildman–Crippen MR) is 71.3 cm³/mol. The van der Waals surface area contributed by atoms with Crippen LogP contribution in [0.15, 0.2) is 18.2 Å². The minimum atomic E-state index is 0.826. The summed E-state index contributed by atoms with van der Waals surface area (Å²) in [6, 6.07) is 6.00. The second-order valence-electron chi connectivity index (χ2n) is 4.42. The van der Waals surface area contributed by atoms with Crippen LogP contribution in [0.2, 0.25) is 0 Å². The molecule has 0 amide bonds. The number of nitrogens with one attached hydrogen (secondary N) is 1. The van der Waals surface area contributed by atoms with Crippen LogP contribution in [-0.2, 0) is 4.74 Å². The third kappa shape index (κ3) is 3.35. The molecule has 1 fully saturated rings. The summed E-state index contributed by atoms with van der Waals surface area (Å²) in [5, 5.41) is 3.42. The highest BCUT2D eigenvalue weighted by atomic mass is 16.5. The van der Waals surface area contributed by atoms with Gasteiger partial charge in [0.15, 0.2) is 0 Å². The molecule has 3 N–H and O–H groups in total. The lowest BCUT2D eigenvalue weighted by atomic mass is 10.1. The SMILES string of the molecule is Cc1cccc(N)c1NCCN1CCOCC1. The van der Waals surface area contributed by atoms with Gasteiger partial charge in [-0.25, -0.2) is 0 Å². The summed E-state index contributed by atoms with van der Waals surface area (Å²) in [5.74, 6) is 0. The van der Waals surface area contributed by atoms with Crippen LogP contribution in [0.3, 0.4) is 0 Å². The fraction of sp³-hybridized carbons (Fsp3) is 0.538. The van der Waals surface area contributed by atoms with Gasteiger partial charge in [0.25, 0.3) is 0 Å². The van der Waals surface area contributed by atoms with Gasteiger partial charge >= 0.3 is 0 Å². The molecular weight excluding hydrogens is 214 g/mol. The third-order valence-electron chi connectivity index (χ3n) is 3.14. The number of hydrogen-bond donors (Lipinski definition) is 2. The van der Waals surface area contributed by atoms with E-state index < -0.39 is 0 Å². The Morgan fingerprint density at radius 1 is 1.35 bits per heavy atom. The first-order valence-electron chi connectivity index (χ1n) is 6.16. The molecule has 0 saturated carbocycles. The number of nitrogens with zero attached hydrogens (tertiary/aromatic N) is 1. The number of rotatable bonds is 4. The average molecular weight is 235 g/mol. The number of hydrogen-bond acceptors (Lipinski definition) is 4. The monoisotopic (exact) mass is 235 g/mol. The highest BCUT2D eigenvalue weighted by molar-refractivity contribution is 5.69. The van der Waals surface area contributed by atoms with E-state index in [1.807, 2.05) is 12.1 Å². The summed E-state index contributed by atoms with van der Waals surface area (Å²) in [7, 11) is 0. The van der Waals surface area contributed by atoms with Crippen molar-refractivity contribution in [3.63, 3.8) is 0 Å². The van der Waals surface area contributed by atoms with Gasteiger partial charge in [-0.15, -0.1) is 0 Å². The van der Waals surface area contributed by atoms with Crippen LogP contribution in [0, 0.1) is 6.92 Å². The minimum Gasteiger partial charge on any atom is -0.397 e. The van der Waals surface area contributed by atoms with Crippen LogP contribution in [0.25, 0.3) is 0 Å². The van der Waals surface area contributed by atoms with Crippen LogP contribution < -0.4 is 11.1 Å². The number of nitrogen functional groups attached to an aromatic ring is 1. The lowest BCUT2D eigenvalue weighted by molar-refractivity contribution is 0.0398. The first kappa shape index (κ1) is 12.2. The third-order valence-corrected chi connectivity index (χ3v) is 3.14. The van der Waals surface area contributed by atoms with E-state index >= 15 is 0 Å². The molecule has 1 aliphatic rings. The molecule has 1 heterocycles. The Balaban J connectivity index is 1.81. The van der Waals surface area contributed by atoms with Gasteiger partial charge < -0.3 is 15.8 Å². The van der Waals surface area contributed by atoms with E-state index in [1.54, 1.807) is 0 Å². The molecule has 2 rings (SSSR count). The summed E-state index contributed by atoms with van der Waals surface area (Å²) in [4.78, 5) is 2.41. The van der Waals surface area contributed by atoms with Gasteiger partial charge in [-0.05, 0) is 18.6 Å². The van der Waals surface area contributed by atoms with E-state index in [-0.39, 0.29) is 0 Å². The molecule has 1 saturated heterocycles. The van der Waals surface area contributed by atoms with Crippen LogP contribution in [-0.4, -0.2) is 44.3 Å². The lowest BCUT2D eigenvalue weighted by Gasteiger charge is -2.26. The summed E-state index contributed by atoms with van der Waals surface area (Å²) in [6.07, 6.45) is 0. The Hall–Kier alpha value is -1.26. The maximum Gasteiger partial charge on any atom is 0.0604 e. The van der Waals surface area contributed by atoms with E-state index in [1.165, 1.54) is 5.56 Å². The zero-order valence-corrected chi connectivity index (χ0v) is 10.4. The number of aryl methyl sites for hydroxylation is 1. The second kappa shape index (κ2) is 5.89. The van der Waals surface area contributed by atoms with Gasteiger partial charge in [-0.1, -0.05) is 12.1 Å². The molecule has 1 aliphatic heterocycles. The van der Waals surface area contributed by atoms with E-state index in [0.29, 0.717) is 0 Å². The smallest absolute Gasteiger partial charge is 0.0604 e. The zero-order chi connectivity index (χ0) is 12.1. The fourth-order valence-corrected chi connectivity index (χ4v) is 2.10. The first-order chi connectivity index (χ1) is 8.27. The Morgan fingerprint density at radius 3 is 2.82 bits per heavy atom. The van der Waals surface area contributed by atoms with E-state index in [0.717, 1.165) is 50.8 Å². The Bertz CT molecular complexity index is 341.